The van der Waals surface area contributed by atoms with E-state index in [0.29, 0.717) is 12.2 Å². The first-order chi connectivity index (χ1) is 14.0. The number of carboxylic acids is 2. The molecule has 1 unspecified atom stereocenters. The largest absolute Gasteiger partial charge is 0.480 e. The predicted octanol–water partition coefficient (Wildman–Crippen LogP) is 1.63. The van der Waals surface area contributed by atoms with Gasteiger partial charge in [0, 0.05) is 11.1 Å². The van der Waals surface area contributed by atoms with E-state index in [-0.39, 0.29) is 11.1 Å². The fourth-order valence-electron chi connectivity index (χ4n) is 3.20. The minimum Gasteiger partial charge on any atom is -0.480 e. The third-order valence-electron chi connectivity index (χ3n) is 4.65. The van der Waals surface area contributed by atoms with Gasteiger partial charge >= 0.3 is 23.9 Å². The molecule has 0 bridgehead atoms. The molecule has 9 heteroatoms. The smallest absolute Gasteiger partial charge is 0.329 e. The fourth-order valence-corrected chi connectivity index (χ4v) is 3.20. The molecule has 0 heterocycles. The van der Waals surface area contributed by atoms with Crippen LogP contribution in [0.1, 0.15) is 24.2 Å². The Labute approximate surface area is 171 Å². The van der Waals surface area contributed by atoms with Crippen molar-refractivity contribution in [2.45, 2.75) is 20.0 Å². The second-order valence-corrected chi connectivity index (χ2v) is 6.80. The zero-order chi connectivity index (χ0) is 22.7. The molecule has 1 aromatic rings. The van der Waals surface area contributed by atoms with Crippen molar-refractivity contribution in [2.75, 3.05) is 7.11 Å². The molecule has 2 N–H and O–H groups in total. The zero-order valence-electron chi connectivity index (χ0n) is 16.4. The summed E-state index contributed by atoms with van der Waals surface area (Å²) in [6, 6.07) is 7.78. The second kappa shape index (κ2) is 8.32. The molecule has 0 fully saturated rings. The molecule has 1 aliphatic rings. The number of Topliss-reactive ketones (excluding diaryl/α,β-unsaturated/α-hetero) is 1. The predicted molar refractivity (Wildman–Crippen MR) is 101 cm³/mol. The Hall–Kier alpha value is -3.75. The van der Waals surface area contributed by atoms with Crippen LogP contribution in [0.15, 0.2) is 54.1 Å². The number of hydrogen-bond donors (Lipinski definition) is 2. The summed E-state index contributed by atoms with van der Waals surface area (Å²) in [5.74, 6) is -7.60. The lowest BCUT2D eigenvalue weighted by Crippen LogP contribution is -2.61. The van der Waals surface area contributed by atoms with E-state index in [9.17, 15) is 34.2 Å². The molecule has 1 atom stereocenters. The minimum absolute atomic E-state index is 0.183. The van der Waals surface area contributed by atoms with Crippen molar-refractivity contribution in [3.05, 3.63) is 59.7 Å². The van der Waals surface area contributed by atoms with Crippen molar-refractivity contribution in [3.63, 3.8) is 0 Å². The van der Waals surface area contributed by atoms with E-state index in [2.05, 4.69) is 4.74 Å². The standard InChI is InChI=1S/C21H20O9/c1-12(2)30-19(28)21(18(27)29-3)11-14(15(22)13-7-5-4-6-8-13)9-10-20(21,16(23)24)17(25)26/h4-12H,1-3H3,(H,23,24)(H,25,26). The van der Waals surface area contributed by atoms with Crippen LogP contribution in [0.5, 0.6) is 0 Å². The van der Waals surface area contributed by atoms with Crippen LogP contribution in [0.4, 0.5) is 0 Å². The molecule has 2 rings (SSSR count). The molecule has 1 aromatic carbocycles. The van der Waals surface area contributed by atoms with Gasteiger partial charge in [0.1, 0.15) is 0 Å². The average molecular weight is 416 g/mol. The summed E-state index contributed by atoms with van der Waals surface area (Å²) in [5.41, 5.74) is -6.14. The van der Waals surface area contributed by atoms with E-state index in [1.54, 1.807) is 18.2 Å². The SMILES string of the molecule is COC(=O)C1(C(=O)OC(C)C)C=C(C(=O)c2ccccc2)C=CC1(C(=O)O)C(=O)O. The summed E-state index contributed by atoms with van der Waals surface area (Å²) in [7, 11) is 0.867. The van der Waals surface area contributed by atoms with Gasteiger partial charge < -0.3 is 19.7 Å². The van der Waals surface area contributed by atoms with Gasteiger partial charge in [0.25, 0.3) is 0 Å². The van der Waals surface area contributed by atoms with E-state index in [0.717, 1.165) is 13.2 Å². The maximum absolute atomic E-state index is 13.0. The second-order valence-electron chi connectivity index (χ2n) is 6.80. The highest BCUT2D eigenvalue weighted by atomic mass is 16.6. The summed E-state index contributed by atoms with van der Waals surface area (Å²) in [5, 5.41) is 19.6. The third-order valence-corrected chi connectivity index (χ3v) is 4.65. The minimum atomic E-state index is -3.09. The van der Waals surface area contributed by atoms with Crippen molar-refractivity contribution in [1.29, 1.82) is 0 Å². The molecular weight excluding hydrogens is 396 g/mol. The van der Waals surface area contributed by atoms with Crippen LogP contribution in [0.3, 0.4) is 0 Å². The van der Waals surface area contributed by atoms with Crippen molar-refractivity contribution in [2.24, 2.45) is 10.8 Å². The van der Waals surface area contributed by atoms with Crippen molar-refractivity contribution in [3.8, 4) is 0 Å². The number of esters is 2. The maximum atomic E-state index is 13.0. The van der Waals surface area contributed by atoms with Gasteiger partial charge in [-0.15, -0.1) is 0 Å². The van der Waals surface area contributed by atoms with Gasteiger partial charge in [0.2, 0.25) is 10.8 Å². The lowest BCUT2D eigenvalue weighted by molar-refractivity contribution is -0.190. The first kappa shape index (κ1) is 22.5. The van der Waals surface area contributed by atoms with Gasteiger partial charge in [0.05, 0.1) is 13.2 Å². The Morgan fingerprint density at radius 3 is 1.93 bits per heavy atom. The molecule has 0 amide bonds. The van der Waals surface area contributed by atoms with Crippen molar-refractivity contribution >= 4 is 29.7 Å². The van der Waals surface area contributed by atoms with Crippen molar-refractivity contribution < 1.29 is 43.7 Å². The van der Waals surface area contributed by atoms with E-state index < -0.39 is 46.6 Å². The highest BCUT2D eigenvalue weighted by molar-refractivity contribution is 6.20. The molecule has 0 aromatic heterocycles. The molecule has 30 heavy (non-hydrogen) atoms. The first-order valence-electron chi connectivity index (χ1n) is 8.82. The van der Waals surface area contributed by atoms with Gasteiger partial charge in [-0.2, -0.15) is 0 Å². The summed E-state index contributed by atoms with van der Waals surface area (Å²) in [4.78, 5) is 63.0. The van der Waals surface area contributed by atoms with Gasteiger partial charge in [0.15, 0.2) is 5.78 Å². The molecule has 0 spiro atoms. The molecule has 0 aliphatic heterocycles. The molecular formula is C21H20O9. The summed E-state index contributed by atoms with van der Waals surface area (Å²) in [6.45, 7) is 2.87. The zero-order valence-corrected chi connectivity index (χ0v) is 16.4. The number of carbonyl (C=O) groups is 5. The van der Waals surface area contributed by atoms with E-state index in [1.165, 1.54) is 26.0 Å². The molecule has 158 valence electrons. The lowest BCUT2D eigenvalue weighted by atomic mass is 9.59. The van der Waals surface area contributed by atoms with Crippen LogP contribution in [-0.4, -0.2) is 53.1 Å². The number of benzene rings is 1. The number of allylic oxidation sites excluding steroid dienone is 2. The Morgan fingerprint density at radius 2 is 1.47 bits per heavy atom. The van der Waals surface area contributed by atoms with Crippen LogP contribution in [0.25, 0.3) is 0 Å². The van der Waals surface area contributed by atoms with Gasteiger partial charge in [-0.3, -0.25) is 24.0 Å². The van der Waals surface area contributed by atoms with E-state index >= 15 is 0 Å². The molecule has 1 aliphatic carbocycles. The summed E-state index contributed by atoms with van der Waals surface area (Å²) < 4.78 is 9.68. The highest BCUT2D eigenvalue weighted by Gasteiger charge is 2.71. The molecule has 9 nitrogen and oxygen atoms in total. The number of aliphatic carboxylic acids is 2. The van der Waals surface area contributed by atoms with Gasteiger partial charge in [-0.05, 0) is 19.9 Å². The van der Waals surface area contributed by atoms with E-state index in [4.69, 9.17) is 4.74 Å². The quantitative estimate of drug-likeness (QED) is 0.385. The van der Waals surface area contributed by atoms with Crippen LogP contribution < -0.4 is 0 Å². The van der Waals surface area contributed by atoms with Crippen molar-refractivity contribution in [1.82, 2.24) is 0 Å². The number of methoxy groups -OCH3 is 1. The van der Waals surface area contributed by atoms with Crippen LogP contribution in [0, 0.1) is 10.8 Å². The Morgan fingerprint density at radius 1 is 0.900 bits per heavy atom. The number of ketones is 1. The van der Waals surface area contributed by atoms with Gasteiger partial charge in [-0.25, -0.2) is 0 Å². The topological polar surface area (TPSA) is 144 Å². The number of carboxylic acid groups (broad SMARTS) is 2. The average Bonchev–Trinajstić information content (AvgIpc) is 2.71. The highest BCUT2D eigenvalue weighted by Crippen LogP contribution is 2.49. The maximum Gasteiger partial charge on any atom is 0.329 e. The Balaban J connectivity index is 2.85. The van der Waals surface area contributed by atoms with Crippen LogP contribution in [-0.2, 0) is 28.7 Å². The summed E-state index contributed by atoms with van der Waals surface area (Å²) in [6.07, 6.45) is 1.49. The lowest BCUT2D eigenvalue weighted by Gasteiger charge is -2.39. The Kier molecular flexibility index (Phi) is 6.25. The third kappa shape index (κ3) is 3.38. The molecule has 0 saturated heterocycles. The molecule has 0 saturated carbocycles. The Bertz CT molecular complexity index is 942. The normalized spacial score (nSPS) is 19.5. The van der Waals surface area contributed by atoms with Gasteiger partial charge in [-0.1, -0.05) is 42.5 Å². The van der Waals surface area contributed by atoms with E-state index in [1.807, 2.05) is 0 Å². The fraction of sp³-hybridized carbons (Fsp3) is 0.286. The summed E-state index contributed by atoms with van der Waals surface area (Å²) >= 11 is 0. The number of rotatable bonds is 7. The molecule has 0 radical (unpaired) electrons. The van der Waals surface area contributed by atoms with Crippen LogP contribution in [0.2, 0.25) is 0 Å². The number of hydrogen-bond acceptors (Lipinski definition) is 7. The first-order valence-corrected chi connectivity index (χ1v) is 8.82. The van der Waals surface area contributed by atoms with Crippen LogP contribution >= 0.6 is 0 Å². The monoisotopic (exact) mass is 416 g/mol. The number of ether oxygens (including phenoxy) is 2. The number of carbonyl (C=O) groups excluding carboxylic acids is 3.